The van der Waals surface area contributed by atoms with Gasteiger partial charge in [0, 0.05) is 35.1 Å². The molecule has 0 saturated heterocycles. The zero-order valence-electron chi connectivity index (χ0n) is 30.9. The van der Waals surface area contributed by atoms with Crippen LogP contribution < -0.4 is 20.1 Å². The second-order valence-corrected chi connectivity index (χ2v) is 15.5. The number of nitrogens with one attached hydrogen (secondary N) is 2. The van der Waals surface area contributed by atoms with Crippen molar-refractivity contribution in [3.05, 3.63) is 164 Å². The van der Waals surface area contributed by atoms with Crippen LogP contribution in [0.4, 0.5) is 5.69 Å². The Kier molecular flexibility index (Phi) is 11.2. The molecule has 3 atom stereocenters. The molecular formula is C45H36ClN5O6S. The van der Waals surface area contributed by atoms with Gasteiger partial charge < -0.3 is 25.2 Å². The molecule has 290 valence electrons. The summed E-state index contributed by atoms with van der Waals surface area (Å²) in [7, 11) is 0. The number of hydrogen-bond acceptors (Lipinski definition) is 9. The van der Waals surface area contributed by atoms with Crippen LogP contribution in [-0.2, 0) is 46.9 Å². The molecule has 0 spiro atoms. The van der Waals surface area contributed by atoms with E-state index in [1.54, 1.807) is 48.7 Å². The lowest BCUT2D eigenvalue weighted by molar-refractivity contribution is -0.142. The van der Waals surface area contributed by atoms with Gasteiger partial charge >= 0.3 is 5.97 Å². The normalized spacial score (nSPS) is 16.4. The number of halogens is 1. The number of anilines is 1. The summed E-state index contributed by atoms with van der Waals surface area (Å²) in [5.74, 6) is -0.738. The molecule has 1 aromatic heterocycles. The van der Waals surface area contributed by atoms with Gasteiger partial charge in [-0.05, 0) is 88.3 Å². The van der Waals surface area contributed by atoms with Crippen LogP contribution in [-0.4, -0.2) is 44.9 Å². The minimum absolute atomic E-state index is 0.0846. The van der Waals surface area contributed by atoms with Crippen LogP contribution in [0.3, 0.4) is 0 Å². The smallest absolute Gasteiger partial charge is 0.326 e. The molecule has 0 fully saturated rings. The van der Waals surface area contributed by atoms with Crippen molar-refractivity contribution in [2.24, 2.45) is 0 Å². The number of carboxylic acid groups (broad SMARTS) is 1. The molecule has 3 heterocycles. The number of nitriles is 1. The molecule has 6 aromatic rings. The van der Waals surface area contributed by atoms with Crippen molar-refractivity contribution in [3.63, 3.8) is 0 Å². The Balaban J connectivity index is 0.966. The van der Waals surface area contributed by atoms with Crippen molar-refractivity contribution in [2.45, 2.75) is 50.7 Å². The highest BCUT2D eigenvalue weighted by atomic mass is 35.5. The predicted molar refractivity (Wildman–Crippen MR) is 219 cm³/mol. The number of carboxylic acids is 1. The molecule has 0 bridgehead atoms. The van der Waals surface area contributed by atoms with Crippen LogP contribution in [0, 0.1) is 11.3 Å². The number of ether oxygens (including phenoxy) is 2. The van der Waals surface area contributed by atoms with Gasteiger partial charge in [0.1, 0.15) is 29.2 Å². The van der Waals surface area contributed by atoms with E-state index in [0.29, 0.717) is 53.0 Å². The fourth-order valence-electron chi connectivity index (χ4n) is 7.20. The molecule has 8 rings (SSSR count). The van der Waals surface area contributed by atoms with Crippen molar-refractivity contribution in [1.29, 1.82) is 5.26 Å². The SMILES string of the molecule is N#Cc1ccc(-c2ccc(C[C@H](NC(=O)[C@@H]3Cc4cc5c(cc4CN3Cc3nccs3)OC(c3ccc(OCc4cccc(Cl)c4)cc3)C(=O)N5)C(=O)O)cc2)cc1. The molecule has 2 aliphatic heterocycles. The van der Waals surface area contributed by atoms with Crippen molar-refractivity contribution in [3.8, 4) is 28.7 Å². The third-order valence-corrected chi connectivity index (χ3v) is 11.2. The lowest BCUT2D eigenvalue weighted by Gasteiger charge is -2.37. The average Bonchev–Trinajstić information content (AvgIpc) is 3.75. The Morgan fingerprint density at radius 3 is 2.45 bits per heavy atom. The van der Waals surface area contributed by atoms with Gasteiger partial charge in [-0.25, -0.2) is 9.78 Å². The number of amides is 2. The summed E-state index contributed by atoms with van der Waals surface area (Å²) in [6, 6.07) is 33.3. The van der Waals surface area contributed by atoms with Crippen LogP contribution >= 0.6 is 22.9 Å². The van der Waals surface area contributed by atoms with E-state index < -0.39 is 30.1 Å². The number of benzene rings is 5. The standard InChI is InChI=1S/C45H36ClN5O6S/c46-35-3-1-2-29(18-35)26-56-36-14-12-32(13-15-36)42-44(53)49-37-20-33-21-39(51(25-41-48-16-17-58-41)24-34(33)22-40(37)57-42)43(52)50-38(45(54)55)19-27-4-8-30(9-5-27)31-10-6-28(23-47)7-11-31/h1-18,20,22,38-39,42H,19,21,24-26H2,(H,49,53)(H,50,52)(H,54,55)/t38-,39-,42?/m0/s1. The van der Waals surface area contributed by atoms with Crippen LogP contribution in [0.1, 0.15) is 44.5 Å². The molecule has 0 saturated carbocycles. The number of carbonyl (C=O) groups excluding carboxylic acids is 2. The predicted octanol–water partition coefficient (Wildman–Crippen LogP) is 7.73. The number of nitrogens with zero attached hydrogens (tertiary/aromatic N) is 3. The minimum Gasteiger partial charge on any atom is -0.489 e. The molecule has 1 unspecified atom stereocenters. The Bertz CT molecular complexity index is 2510. The van der Waals surface area contributed by atoms with E-state index in [2.05, 4.69) is 21.7 Å². The molecule has 5 aromatic carbocycles. The van der Waals surface area contributed by atoms with Crippen molar-refractivity contribution < 1.29 is 29.0 Å². The van der Waals surface area contributed by atoms with Gasteiger partial charge in [-0.2, -0.15) is 5.26 Å². The van der Waals surface area contributed by atoms with E-state index in [-0.39, 0.29) is 18.7 Å². The van der Waals surface area contributed by atoms with Gasteiger partial charge in [-0.3, -0.25) is 14.5 Å². The number of thiazole rings is 1. The lowest BCUT2D eigenvalue weighted by Crippen LogP contribution is -2.54. The van der Waals surface area contributed by atoms with Crippen molar-refractivity contribution in [1.82, 2.24) is 15.2 Å². The maximum absolute atomic E-state index is 14.1. The highest BCUT2D eigenvalue weighted by Gasteiger charge is 2.37. The summed E-state index contributed by atoms with van der Waals surface area (Å²) in [5.41, 5.74) is 7.05. The summed E-state index contributed by atoms with van der Waals surface area (Å²) in [4.78, 5) is 46.4. The van der Waals surface area contributed by atoms with Gasteiger partial charge in [0.2, 0.25) is 12.0 Å². The molecule has 13 heteroatoms. The fourth-order valence-corrected chi connectivity index (χ4v) is 8.05. The first-order chi connectivity index (χ1) is 28.2. The van der Waals surface area contributed by atoms with E-state index in [9.17, 15) is 19.5 Å². The summed E-state index contributed by atoms with van der Waals surface area (Å²) in [6.07, 6.45) is 1.19. The number of rotatable bonds is 12. The third kappa shape index (κ3) is 8.72. The summed E-state index contributed by atoms with van der Waals surface area (Å²) >= 11 is 7.57. The Hall–Kier alpha value is -6.52. The first-order valence-electron chi connectivity index (χ1n) is 18.5. The monoisotopic (exact) mass is 809 g/mol. The van der Waals surface area contributed by atoms with E-state index >= 15 is 0 Å². The maximum Gasteiger partial charge on any atom is 0.326 e. The molecule has 11 nitrogen and oxygen atoms in total. The molecule has 3 N–H and O–H groups in total. The molecular weight excluding hydrogens is 774 g/mol. The van der Waals surface area contributed by atoms with Gasteiger partial charge in [-0.15, -0.1) is 11.3 Å². The molecule has 0 aliphatic carbocycles. The largest absolute Gasteiger partial charge is 0.489 e. The van der Waals surface area contributed by atoms with Gasteiger partial charge in [0.25, 0.3) is 5.91 Å². The molecule has 2 aliphatic rings. The van der Waals surface area contributed by atoms with E-state index in [4.69, 9.17) is 26.3 Å². The lowest BCUT2D eigenvalue weighted by atomic mass is 9.91. The van der Waals surface area contributed by atoms with Crippen LogP contribution in [0.5, 0.6) is 11.5 Å². The van der Waals surface area contributed by atoms with Crippen molar-refractivity contribution in [2.75, 3.05) is 5.32 Å². The number of hydrogen-bond donors (Lipinski definition) is 3. The van der Waals surface area contributed by atoms with Crippen LogP contribution in [0.2, 0.25) is 5.02 Å². The number of aromatic nitrogens is 1. The quantitative estimate of drug-likeness (QED) is 0.113. The second-order valence-electron chi connectivity index (χ2n) is 14.1. The molecule has 58 heavy (non-hydrogen) atoms. The summed E-state index contributed by atoms with van der Waals surface area (Å²) < 4.78 is 12.2. The van der Waals surface area contributed by atoms with Crippen LogP contribution in [0.25, 0.3) is 11.1 Å². The molecule has 2 amide bonds. The van der Waals surface area contributed by atoms with Gasteiger partial charge in [0.05, 0.1) is 29.9 Å². The Labute approximate surface area is 343 Å². The zero-order chi connectivity index (χ0) is 40.2. The first-order valence-corrected chi connectivity index (χ1v) is 19.8. The highest BCUT2D eigenvalue weighted by molar-refractivity contribution is 7.09. The molecule has 0 radical (unpaired) electrons. The topological polar surface area (TPSA) is 154 Å². The van der Waals surface area contributed by atoms with E-state index in [1.807, 2.05) is 77.0 Å². The van der Waals surface area contributed by atoms with Gasteiger partial charge in [0.15, 0.2) is 0 Å². The van der Waals surface area contributed by atoms with E-state index in [0.717, 1.165) is 38.4 Å². The Morgan fingerprint density at radius 2 is 1.76 bits per heavy atom. The number of carbonyl (C=O) groups is 3. The Morgan fingerprint density at radius 1 is 1.00 bits per heavy atom. The summed E-state index contributed by atoms with van der Waals surface area (Å²) in [6.45, 7) is 1.10. The van der Waals surface area contributed by atoms with Crippen LogP contribution in [0.15, 0.2) is 121 Å². The second kappa shape index (κ2) is 16.9. The fraction of sp³-hybridized carbons (Fsp3) is 0.178. The average molecular weight is 810 g/mol. The first kappa shape index (κ1) is 38.4. The summed E-state index contributed by atoms with van der Waals surface area (Å²) in [5, 5.41) is 28.5. The van der Waals surface area contributed by atoms with E-state index in [1.165, 1.54) is 11.3 Å². The zero-order valence-corrected chi connectivity index (χ0v) is 32.5. The maximum atomic E-state index is 14.1. The van der Waals surface area contributed by atoms with Crippen molar-refractivity contribution >= 4 is 46.4 Å². The highest BCUT2D eigenvalue weighted by Crippen LogP contribution is 2.40. The number of aliphatic carboxylic acids is 1. The van der Waals surface area contributed by atoms with Gasteiger partial charge in [-0.1, -0.05) is 72.3 Å². The third-order valence-electron chi connectivity index (χ3n) is 10.2. The minimum atomic E-state index is -1.17. The number of fused-ring (bicyclic) bond motifs is 2.